The molecule has 0 amide bonds. The van der Waals surface area contributed by atoms with Gasteiger partial charge in [0.2, 0.25) is 0 Å². The number of aryl methyl sites for hydroxylation is 2. The van der Waals surface area contributed by atoms with E-state index in [1.165, 1.54) is 43.5 Å². The molecule has 0 radical (unpaired) electrons. The SMILES string of the molecule is CCCNCC(CC)N1CCCc2cc(C)ccc21. The summed E-state index contributed by atoms with van der Waals surface area (Å²) in [6, 6.07) is 7.58. The monoisotopic (exact) mass is 260 g/mol. The minimum atomic E-state index is 0.633. The molecular formula is C17H28N2. The number of nitrogens with zero attached hydrogens (tertiary/aromatic N) is 1. The van der Waals surface area contributed by atoms with Crippen LogP contribution in [0.1, 0.15) is 44.2 Å². The van der Waals surface area contributed by atoms with E-state index in [1.54, 1.807) is 5.56 Å². The van der Waals surface area contributed by atoms with Crippen LogP contribution in [0.3, 0.4) is 0 Å². The van der Waals surface area contributed by atoms with Gasteiger partial charge in [-0.2, -0.15) is 0 Å². The van der Waals surface area contributed by atoms with Crippen molar-refractivity contribution in [2.24, 2.45) is 0 Å². The summed E-state index contributed by atoms with van der Waals surface area (Å²) in [6.07, 6.45) is 4.96. The molecule has 0 saturated heterocycles. The molecule has 1 aromatic rings. The van der Waals surface area contributed by atoms with E-state index < -0.39 is 0 Å². The molecule has 1 aliphatic rings. The third-order valence-corrected chi connectivity index (χ3v) is 4.11. The van der Waals surface area contributed by atoms with Gasteiger partial charge in [0.25, 0.3) is 0 Å². The standard InChI is InChI=1S/C17H28N2/c1-4-10-18-13-16(5-2)19-11-6-7-15-12-14(3)8-9-17(15)19/h8-9,12,16,18H,4-7,10-11,13H2,1-3H3. The van der Waals surface area contributed by atoms with Crippen LogP contribution < -0.4 is 10.2 Å². The van der Waals surface area contributed by atoms with Crippen molar-refractivity contribution in [2.75, 3.05) is 24.5 Å². The van der Waals surface area contributed by atoms with Crippen LogP contribution in [0.15, 0.2) is 18.2 Å². The Labute approximate surface area is 118 Å². The van der Waals surface area contributed by atoms with Crippen LogP contribution in [-0.4, -0.2) is 25.7 Å². The Hall–Kier alpha value is -1.02. The Morgan fingerprint density at radius 3 is 2.89 bits per heavy atom. The number of benzene rings is 1. The average Bonchev–Trinajstić information content (AvgIpc) is 2.43. The van der Waals surface area contributed by atoms with Gasteiger partial charge in [-0.05, 0) is 50.8 Å². The summed E-state index contributed by atoms with van der Waals surface area (Å²) in [5, 5.41) is 3.58. The summed E-state index contributed by atoms with van der Waals surface area (Å²) in [5.74, 6) is 0. The van der Waals surface area contributed by atoms with Gasteiger partial charge in [-0.15, -0.1) is 0 Å². The van der Waals surface area contributed by atoms with Crippen molar-refractivity contribution in [3.63, 3.8) is 0 Å². The van der Waals surface area contributed by atoms with E-state index in [4.69, 9.17) is 0 Å². The van der Waals surface area contributed by atoms with Crippen LogP contribution in [0.2, 0.25) is 0 Å². The summed E-state index contributed by atoms with van der Waals surface area (Å²) in [5.41, 5.74) is 4.40. The first-order valence-corrected chi connectivity index (χ1v) is 7.83. The first kappa shape index (κ1) is 14.4. The third-order valence-electron chi connectivity index (χ3n) is 4.11. The smallest absolute Gasteiger partial charge is 0.0412 e. The van der Waals surface area contributed by atoms with Gasteiger partial charge < -0.3 is 10.2 Å². The molecule has 2 rings (SSSR count). The largest absolute Gasteiger partial charge is 0.367 e. The van der Waals surface area contributed by atoms with Crippen molar-refractivity contribution in [3.8, 4) is 0 Å². The lowest BCUT2D eigenvalue weighted by atomic mass is 9.97. The molecule has 2 heteroatoms. The summed E-state index contributed by atoms with van der Waals surface area (Å²) < 4.78 is 0. The van der Waals surface area contributed by atoms with Gasteiger partial charge in [0.15, 0.2) is 0 Å². The van der Waals surface area contributed by atoms with Gasteiger partial charge in [0.1, 0.15) is 0 Å². The normalized spacial score (nSPS) is 16.3. The van der Waals surface area contributed by atoms with Gasteiger partial charge in [-0.25, -0.2) is 0 Å². The van der Waals surface area contributed by atoms with Crippen LogP contribution in [-0.2, 0) is 6.42 Å². The fraction of sp³-hybridized carbons (Fsp3) is 0.647. The van der Waals surface area contributed by atoms with Gasteiger partial charge in [-0.1, -0.05) is 31.5 Å². The Balaban J connectivity index is 2.12. The second kappa shape index (κ2) is 6.95. The lowest BCUT2D eigenvalue weighted by Gasteiger charge is -2.38. The van der Waals surface area contributed by atoms with Crippen molar-refractivity contribution in [3.05, 3.63) is 29.3 Å². The second-order valence-electron chi connectivity index (χ2n) is 5.70. The average molecular weight is 260 g/mol. The van der Waals surface area contributed by atoms with Crippen LogP contribution in [0.5, 0.6) is 0 Å². The van der Waals surface area contributed by atoms with E-state index >= 15 is 0 Å². The fourth-order valence-electron chi connectivity index (χ4n) is 3.05. The summed E-state index contributed by atoms with van der Waals surface area (Å²) in [4.78, 5) is 2.63. The zero-order valence-electron chi connectivity index (χ0n) is 12.7. The Kier molecular flexibility index (Phi) is 5.26. The summed E-state index contributed by atoms with van der Waals surface area (Å²) >= 11 is 0. The highest BCUT2D eigenvalue weighted by atomic mass is 15.2. The predicted molar refractivity (Wildman–Crippen MR) is 84.1 cm³/mol. The van der Waals surface area contributed by atoms with Crippen LogP contribution in [0.4, 0.5) is 5.69 Å². The van der Waals surface area contributed by atoms with Crippen LogP contribution in [0, 0.1) is 6.92 Å². The molecule has 1 atom stereocenters. The molecule has 1 heterocycles. The number of rotatable bonds is 6. The zero-order chi connectivity index (χ0) is 13.7. The first-order chi connectivity index (χ1) is 9.26. The molecule has 106 valence electrons. The lowest BCUT2D eigenvalue weighted by Crippen LogP contribution is -2.44. The maximum Gasteiger partial charge on any atom is 0.0412 e. The van der Waals surface area contributed by atoms with E-state index in [1.807, 2.05) is 0 Å². The van der Waals surface area contributed by atoms with E-state index in [9.17, 15) is 0 Å². The Morgan fingerprint density at radius 1 is 1.32 bits per heavy atom. The van der Waals surface area contributed by atoms with Crippen LogP contribution >= 0.6 is 0 Å². The molecule has 1 aliphatic heterocycles. The van der Waals surface area contributed by atoms with Gasteiger partial charge >= 0.3 is 0 Å². The highest BCUT2D eigenvalue weighted by molar-refractivity contribution is 5.57. The quantitative estimate of drug-likeness (QED) is 0.787. The van der Waals surface area contributed by atoms with Crippen molar-refractivity contribution >= 4 is 5.69 Å². The molecule has 19 heavy (non-hydrogen) atoms. The second-order valence-corrected chi connectivity index (χ2v) is 5.70. The molecule has 0 fully saturated rings. The minimum absolute atomic E-state index is 0.633. The van der Waals surface area contributed by atoms with Crippen molar-refractivity contribution in [1.82, 2.24) is 5.32 Å². The fourth-order valence-corrected chi connectivity index (χ4v) is 3.05. The summed E-state index contributed by atoms with van der Waals surface area (Å²) in [6.45, 7) is 10.2. The van der Waals surface area contributed by atoms with E-state index in [-0.39, 0.29) is 0 Å². The van der Waals surface area contributed by atoms with Crippen LogP contribution in [0.25, 0.3) is 0 Å². The highest BCUT2D eigenvalue weighted by Crippen LogP contribution is 2.30. The van der Waals surface area contributed by atoms with E-state index in [0.717, 1.165) is 13.1 Å². The number of hydrogen-bond donors (Lipinski definition) is 1. The number of fused-ring (bicyclic) bond motifs is 1. The zero-order valence-corrected chi connectivity index (χ0v) is 12.7. The van der Waals surface area contributed by atoms with Crippen molar-refractivity contribution in [2.45, 2.75) is 52.5 Å². The molecule has 2 nitrogen and oxygen atoms in total. The maximum absolute atomic E-state index is 3.58. The third kappa shape index (κ3) is 3.50. The molecule has 0 aliphatic carbocycles. The molecule has 0 bridgehead atoms. The van der Waals surface area contributed by atoms with E-state index in [0.29, 0.717) is 6.04 Å². The Morgan fingerprint density at radius 2 is 2.16 bits per heavy atom. The lowest BCUT2D eigenvalue weighted by molar-refractivity contribution is 0.502. The topological polar surface area (TPSA) is 15.3 Å². The van der Waals surface area contributed by atoms with Gasteiger partial charge in [0.05, 0.1) is 0 Å². The molecule has 0 spiro atoms. The molecule has 0 aromatic heterocycles. The van der Waals surface area contributed by atoms with Gasteiger partial charge in [-0.3, -0.25) is 0 Å². The number of anilines is 1. The molecule has 1 N–H and O–H groups in total. The van der Waals surface area contributed by atoms with Gasteiger partial charge in [0, 0.05) is 24.8 Å². The first-order valence-electron chi connectivity index (χ1n) is 7.83. The summed E-state index contributed by atoms with van der Waals surface area (Å²) in [7, 11) is 0. The Bertz CT molecular complexity index is 400. The number of hydrogen-bond acceptors (Lipinski definition) is 2. The predicted octanol–water partition coefficient (Wildman–Crippen LogP) is 3.53. The van der Waals surface area contributed by atoms with Crippen molar-refractivity contribution in [1.29, 1.82) is 0 Å². The molecular weight excluding hydrogens is 232 g/mol. The molecule has 1 aromatic carbocycles. The van der Waals surface area contributed by atoms with E-state index in [2.05, 4.69) is 49.2 Å². The highest BCUT2D eigenvalue weighted by Gasteiger charge is 2.22. The maximum atomic E-state index is 3.58. The molecule has 1 unspecified atom stereocenters. The molecule has 0 saturated carbocycles. The number of nitrogens with one attached hydrogen (secondary N) is 1. The minimum Gasteiger partial charge on any atom is -0.367 e. The van der Waals surface area contributed by atoms with Crippen molar-refractivity contribution < 1.29 is 0 Å².